The topological polar surface area (TPSA) is 26.3 Å². The van der Waals surface area contributed by atoms with Crippen LogP contribution in [-0.2, 0) is 0 Å². The van der Waals surface area contributed by atoms with Crippen LogP contribution in [0.4, 0.5) is 0 Å². The molecule has 2 nitrogen and oxygen atoms in total. The molecule has 9 rings (SSSR count). The molecule has 0 aliphatic heterocycles. The highest BCUT2D eigenvalue weighted by Crippen LogP contribution is 2.43. The minimum absolute atomic E-state index is 0.147. The minimum atomic E-state index is -0.919. The van der Waals surface area contributed by atoms with Crippen molar-refractivity contribution in [3.63, 3.8) is 0 Å². The zero-order valence-electron chi connectivity index (χ0n) is 41.2. The molecule has 192 valence electrons. The predicted octanol–water partition coefficient (Wildman–Crippen LogP) is 11.9. The van der Waals surface area contributed by atoms with Gasteiger partial charge in [0, 0.05) is 26.0 Å². The fourth-order valence-electron chi connectivity index (χ4n) is 5.01. The average Bonchev–Trinajstić information content (AvgIpc) is 3.84. The maximum Gasteiger partial charge on any atom is 0.136 e. The number of para-hydroxylation sites is 1. The Hall–Kier alpha value is -4.86. The Labute approximate surface area is 273 Å². The summed E-state index contributed by atoms with van der Waals surface area (Å²) in [6, 6.07) is -15.3. The molecular weight excluding hydrogens is 568 g/mol. The van der Waals surface area contributed by atoms with E-state index in [2.05, 4.69) is 15.9 Å². The van der Waals surface area contributed by atoms with E-state index in [4.69, 9.17) is 28.0 Å². The third-order valence-corrected chi connectivity index (χ3v) is 7.57. The second-order valence-corrected chi connectivity index (χ2v) is 9.75. The van der Waals surface area contributed by atoms with Gasteiger partial charge in [0.25, 0.3) is 0 Å². The Morgan fingerprint density at radius 2 is 0.902 bits per heavy atom. The highest BCUT2D eigenvalue weighted by molar-refractivity contribution is 9.10. The molecule has 0 N–H and O–H groups in total. The zero-order chi connectivity index (χ0) is 45.4. The second-order valence-electron chi connectivity index (χ2n) is 8.96. The summed E-state index contributed by atoms with van der Waals surface area (Å²) in [7, 11) is 0. The van der Waals surface area contributed by atoms with Crippen molar-refractivity contribution in [2.45, 2.75) is 0 Å². The molecule has 9 aromatic rings. The fourth-order valence-corrected chi connectivity index (χ4v) is 5.61. The van der Waals surface area contributed by atoms with E-state index in [1.165, 1.54) is 0 Å². The third kappa shape index (κ3) is 3.30. The summed E-state index contributed by atoms with van der Waals surface area (Å²) >= 11 is 3.29. The number of hydrogen-bond acceptors (Lipinski definition) is 2. The SMILES string of the molecule is [2H]c1c([2H])c(-c2c3c([2H])c([2H])c([2H])c([2H])c3c(Br)c3c([2H])c([2H])c([2H])c([2H])c23)c([2H])c([2H])c1-c1c([2H])c([2H])c2c(oc3c([2H])c([2H])c4oc5c([2H])c([2H])c([2H])c([2H])c5c4c32)c1[2H]. The number of furan rings is 2. The van der Waals surface area contributed by atoms with Gasteiger partial charge in [-0.3, -0.25) is 0 Å². The predicted molar refractivity (Wildman–Crippen MR) is 175 cm³/mol. The van der Waals surface area contributed by atoms with Crippen LogP contribution >= 0.6 is 15.9 Å². The Kier molecular flexibility index (Phi) is 2.20. The lowest BCUT2D eigenvalue weighted by Crippen LogP contribution is -1.88. The van der Waals surface area contributed by atoms with Gasteiger partial charge in [0.2, 0.25) is 0 Å². The van der Waals surface area contributed by atoms with Crippen molar-refractivity contribution in [1.29, 1.82) is 0 Å². The molecule has 0 atom stereocenters. The molecule has 0 saturated heterocycles. The number of hydrogen-bond donors (Lipinski definition) is 0. The quantitative estimate of drug-likeness (QED) is 0.182. The van der Waals surface area contributed by atoms with Gasteiger partial charge in [0.05, 0.1) is 28.8 Å². The molecule has 0 saturated carbocycles. The van der Waals surface area contributed by atoms with Crippen molar-refractivity contribution in [2.75, 3.05) is 0 Å². The molecule has 0 fully saturated rings. The maximum absolute atomic E-state index is 9.32. The number of rotatable bonds is 2. The van der Waals surface area contributed by atoms with Gasteiger partial charge in [-0.2, -0.15) is 0 Å². The number of halogens is 1. The first kappa shape index (κ1) is 10.5. The normalized spacial score (nSPS) is 19.2. The minimum Gasteiger partial charge on any atom is -0.456 e. The summed E-state index contributed by atoms with van der Waals surface area (Å²) in [5, 5.41) is -2.20. The van der Waals surface area contributed by atoms with E-state index in [9.17, 15) is 9.60 Å². The van der Waals surface area contributed by atoms with E-state index in [1.54, 1.807) is 0 Å². The highest BCUT2D eigenvalue weighted by atomic mass is 79.9. The molecule has 0 aliphatic rings. The molecule has 41 heavy (non-hydrogen) atoms. The summed E-state index contributed by atoms with van der Waals surface area (Å²) < 4.78 is 196. The van der Waals surface area contributed by atoms with Gasteiger partial charge in [-0.15, -0.1) is 0 Å². The van der Waals surface area contributed by atoms with E-state index in [0.717, 1.165) is 0 Å². The van der Waals surface area contributed by atoms with E-state index >= 15 is 0 Å². The summed E-state index contributed by atoms with van der Waals surface area (Å²) in [5.41, 5.74) is -4.09. The largest absolute Gasteiger partial charge is 0.456 e. The Bertz CT molecular complexity index is 3560. The van der Waals surface area contributed by atoms with E-state index in [1.807, 2.05) is 0 Å². The van der Waals surface area contributed by atoms with Crippen molar-refractivity contribution >= 4 is 81.4 Å². The van der Waals surface area contributed by atoms with E-state index in [-0.39, 0.29) is 48.0 Å². The van der Waals surface area contributed by atoms with Crippen LogP contribution in [0.3, 0.4) is 0 Å². The molecule has 0 amide bonds. The van der Waals surface area contributed by atoms with Crippen LogP contribution in [0, 0.1) is 0 Å². The molecule has 0 spiro atoms. The number of fused-ring (bicyclic) bond motifs is 9. The first-order valence-corrected chi connectivity index (χ1v) is 12.8. The second kappa shape index (κ2) is 8.57. The van der Waals surface area contributed by atoms with Gasteiger partial charge in [-0.25, -0.2) is 0 Å². The molecular formula is C38H21BrO2. The van der Waals surface area contributed by atoms with Crippen molar-refractivity contribution in [2.24, 2.45) is 0 Å². The molecule has 0 unspecified atom stereocenters. The first-order chi connectivity index (χ1) is 29.0. The van der Waals surface area contributed by atoms with Crippen LogP contribution in [0.2, 0.25) is 0 Å². The maximum atomic E-state index is 9.32. The van der Waals surface area contributed by atoms with Gasteiger partial charge >= 0.3 is 0 Å². The van der Waals surface area contributed by atoms with Crippen LogP contribution in [0.25, 0.3) is 87.7 Å². The fraction of sp³-hybridized carbons (Fsp3) is 0. The molecule has 0 radical (unpaired) electrons. The van der Waals surface area contributed by atoms with Crippen LogP contribution in [0.1, 0.15) is 28.8 Å². The Morgan fingerprint density at radius 3 is 1.56 bits per heavy atom. The van der Waals surface area contributed by atoms with E-state index < -0.39 is 171 Å². The summed E-state index contributed by atoms with van der Waals surface area (Å²) in [5.74, 6) is 0. The summed E-state index contributed by atoms with van der Waals surface area (Å²) in [6.45, 7) is 0. The van der Waals surface area contributed by atoms with Crippen molar-refractivity contribution in [3.8, 4) is 22.3 Å². The Balaban J connectivity index is 1.44. The lowest BCUT2D eigenvalue weighted by Gasteiger charge is -2.14. The Morgan fingerprint density at radius 1 is 0.415 bits per heavy atom. The molecule has 2 heterocycles. The molecule has 3 heteroatoms. The van der Waals surface area contributed by atoms with Gasteiger partial charge in [0.1, 0.15) is 22.3 Å². The molecule has 0 bridgehead atoms. The summed E-state index contributed by atoms with van der Waals surface area (Å²) in [4.78, 5) is 0. The standard InChI is InChI=1S/C38H21BrO2/c39-38-27-9-3-1-7-25(27)35(26-8-2-4-10-28(26)38)23-15-13-22(14-16-23)24-17-18-30-34(21-24)41-33-20-19-32-36(37(30)33)29-11-5-6-12-31(29)40-32/h1-21H/i1D,2D,3D,4D,5D,6D,7D,8D,9D,10D,11D,12D,13D,14D,15D,16D,17D,18D,19D,20D,21D. The van der Waals surface area contributed by atoms with E-state index in [0.29, 0.717) is 0 Å². The van der Waals surface area contributed by atoms with Crippen molar-refractivity contribution in [3.05, 3.63) is 131 Å². The van der Waals surface area contributed by atoms with Crippen LogP contribution in [-0.4, -0.2) is 0 Å². The summed E-state index contributed by atoms with van der Waals surface area (Å²) in [6.07, 6.45) is 0. The lowest BCUT2D eigenvalue weighted by molar-refractivity contribution is 0.663. The molecule has 7 aromatic carbocycles. The van der Waals surface area contributed by atoms with Gasteiger partial charge in [0.15, 0.2) is 0 Å². The van der Waals surface area contributed by atoms with Gasteiger partial charge < -0.3 is 8.83 Å². The third-order valence-electron chi connectivity index (χ3n) is 6.77. The molecule has 2 aromatic heterocycles. The smallest absolute Gasteiger partial charge is 0.136 e. The van der Waals surface area contributed by atoms with Crippen LogP contribution < -0.4 is 0 Å². The van der Waals surface area contributed by atoms with Crippen molar-refractivity contribution in [1.82, 2.24) is 0 Å². The van der Waals surface area contributed by atoms with Crippen molar-refractivity contribution < 1.29 is 37.6 Å². The first-order valence-electron chi connectivity index (χ1n) is 22.5. The average molecular weight is 611 g/mol. The monoisotopic (exact) mass is 609 g/mol. The molecule has 0 aliphatic carbocycles. The van der Waals surface area contributed by atoms with Crippen LogP contribution in [0.15, 0.2) is 140 Å². The van der Waals surface area contributed by atoms with Crippen LogP contribution in [0.5, 0.6) is 0 Å². The highest BCUT2D eigenvalue weighted by Gasteiger charge is 2.17. The lowest BCUT2D eigenvalue weighted by atomic mass is 9.91. The van der Waals surface area contributed by atoms with Gasteiger partial charge in [-0.05, 0) is 89.9 Å². The zero-order valence-corrected chi connectivity index (χ0v) is 21.8. The van der Waals surface area contributed by atoms with Gasteiger partial charge in [-0.1, -0.05) is 96.7 Å². The number of benzene rings is 7.